The summed E-state index contributed by atoms with van der Waals surface area (Å²) in [5.74, 6) is -0.259. The molecule has 2 spiro atoms. The fraction of sp³-hybridized carbons (Fsp3) is 0.786. The predicted octanol–water partition coefficient (Wildman–Crippen LogP) is 3.19. The van der Waals surface area contributed by atoms with E-state index in [9.17, 15) is 0 Å². The van der Waals surface area contributed by atoms with Crippen molar-refractivity contribution in [2.24, 2.45) is 5.41 Å². The maximum atomic E-state index is 5.88. The fourth-order valence-corrected chi connectivity index (χ4v) is 3.90. The summed E-state index contributed by atoms with van der Waals surface area (Å²) >= 11 is 0. The Hall–Kier alpha value is -0.560. The molecule has 1 heterocycles. The van der Waals surface area contributed by atoms with Crippen molar-refractivity contribution in [1.82, 2.24) is 0 Å². The molecular formula is C14H20O2. The summed E-state index contributed by atoms with van der Waals surface area (Å²) in [5.41, 5.74) is 4.93. The number of ether oxygens (including phenoxy) is 2. The molecule has 0 N–H and O–H groups in total. The third kappa shape index (κ3) is 1.48. The van der Waals surface area contributed by atoms with Crippen LogP contribution < -0.4 is 0 Å². The van der Waals surface area contributed by atoms with E-state index < -0.39 is 0 Å². The molecule has 0 amide bonds. The lowest BCUT2D eigenvalue weighted by Crippen LogP contribution is -2.41. The lowest BCUT2D eigenvalue weighted by Gasteiger charge is -2.43. The van der Waals surface area contributed by atoms with Crippen molar-refractivity contribution in [2.45, 2.75) is 50.7 Å². The molecule has 0 aromatic heterocycles. The van der Waals surface area contributed by atoms with E-state index in [1.165, 1.54) is 37.7 Å². The largest absolute Gasteiger partial charge is 0.348 e. The van der Waals surface area contributed by atoms with Crippen LogP contribution in [0.2, 0.25) is 0 Å². The van der Waals surface area contributed by atoms with Gasteiger partial charge in [-0.2, -0.15) is 0 Å². The van der Waals surface area contributed by atoms with E-state index in [-0.39, 0.29) is 5.79 Å². The molecule has 1 aliphatic heterocycles. The van der Waals surface area contributed by atoms with Crippen LogP contribution in [-0.4, -0.2) is 19.0 Å². The van der Waals surface area contributed by atoms with Crippen LogP contribution in [0, 0.1) is 5.41 Å². The third-order valence-electron chi connectivity index (χ3n) is 4.57. The van der Waals surface area contributed by atoms with Crippen LogP contribution in [0.25, 0.3) is 0 Å². The normalized spacial score (nSPS) is 37.1. The Bertz CT molecular complexity index is 335. The number of allylic oxidation sites excluding steroid dienone is 1. The molecule has 0 aromatic rings. The molecule has 1 unspecified atom stereocenters. The molecule has 0 radical (unpaired) electrons. The van der Waals surface area contributed by atoms with Gasteiger partial charge in [-0.05, 0) is 37.7 Å². The summed E-state index contributed by atoms with van der Waals surface area (Å²) in [7, 11) is 0. The third-order valence-corrected chi connectivity index (χ3v) is 4.57. The Balaban J connectivity index is 1.88. The van der Waals surface area contributed by atoms with Gasteiger partial charge in [-0.3, -0.25) is 0 Å². The molecule has 2 aliphatic carbocycles. The number of hydrogen-bond acceptors (Lipinski definition) is 2. The molecule has 3 fully saturated rings. The predicted molar refractivity (Wildman–Crippen MR) is 62.0 cm³/mol. The highest BCUT2D eigenvalue weighted by atomic mass is 16.7. The first kappa shape index (κ1) is 10.6. The Labute approximate surface area is 97.3 Å². The van der Waals surface area contributed by atoms with Crippen LogP contribution in [0.1, 0.15) is 44.9 Å². The van der Waals surface area contributed by atoms with Gasteiger partial charge in [0.25, 0.3) is 0 Å². The quantitative estimate of drug-likeness (QED) is 0.584. The van der Waals surface area contributed by atoms with Gasteiger partial charge < -0.3 is 9.47 Å². The van der Waals surface area contributed by atoms with Gasteiger partial charge >= 0.3 is 0 Å². The summed E-state index contributed by atoms with van der Waals surface area (Å²) in [6, 6.07) is 0. The van der Waals surface area contributed by atoms with Crippen molar-refractivity contribution in [3.63, 3.8) is 0 Å². The monoisotopic (exact) mass is 220 g/mol. The smallest absolute Gasteiger partial charge is 0.169 e. The van der Waals surface area contributed by atoms with Gasteiger partial charge in [-0.1, -0.05) is 6.58 Å². The summed E-state index contributed by atoms with van der Waals surface area (Å²) in [6.07, 6.45) is 8.34. The number of rotatable bonds is 0. The molecule has 16 heavy (non-hydrogen) atoms. The zero-order valence-electron chi connectivity index (χ0n) is 9.89. The van der Waals surface area contributed by atoms with Gasteiger partial charge in [0.05, 0.1) is 13.2 Å². The zero-order valence-corrected chi connectivity index (χ0v) is 9.89. The molecule has 88 valence electrons. The van der Waals surface area contributed by atoms with E-state index in [0.717, 1.165) is 26.1 Å². The van der Waals surface area contributed by atoms with Crippen LogP contribution in [0.15, 0.2) is 17.9 Å². The Kier molecular flexibility index (Phi) is 2.47. The second-order valence-corrected chi connectivity index (χ2v) is 5.43. The molecule has 0 bridgehead atoms. The Morgan fingerprint density at radius 3 is 2.56 bits per heavy atom. The fourth-order valence-electron chi connectivity index (χ4n) is 3.90. The lowest BCUT2D eigenvalue weighted by molar-refractivity contribution is -0.196. The first-order valence-electron chi connectivity index (χ1n) is 6.46. The molecule has 3 aliphatic rings. The highest BCUT2D eigenvalue weighted by Crippen LogP contribution is 2.56. The van der Waals surface area contributed by atoms with Gasteiger partial charge in [0.15, 0.2) is 5.79 Å². The van der Waals surface area contributed by atoms with Gasteiger partial charge in [0, 0.05) is 18.3 Å². The minimum Gasteiger partial charge on any atom is -0.348 e. The highest BCUT2D eigenvalue weighted by Gasteiger charge is 2.51. The Morgan fingerprint density at radius 1 is 1.06 bits per heavy atom. The maximum Gasteiger partial charge on any atom is 0.169 e. The molecular weight excluding hydrogens is 200 g/mol. The van der Waals surface area contributed by atoms with Crippen LogP contribution in [0.3, 0.4) is 0 Å². The van der Waals surface area contributed by atoms with Crippen molar-refractivity contribution in [1.29, 1.82) is 0 Å². The number of hydrogen-bond donors (Lipinski definition) is 0. The molecule has 2 saturated carbocycles. The van der Waals surface area contributed by atoms with Crippen molar-refractivity contribution < 1.29 is 9.47 Å². The van der Waals surface area contributed by atoms with Gasteiger partial charge in [0.2, 0.25) is 0 Å². The first-order valence-corrected chi connectivity index (χ1v) is 6.46. The average Bonchev–Trinajstić information content (AvgIpc) is 2.87. The van der Waals surface area contributed by atoms with E-state index in [0.29, 0.717) is 5.41 Å². The van der Waals surface area contributed by atoms with Gasteiger partial charge in [-0.15, -0.1) is 5.73 Å². The summed E-state index contributed by atoms with van der Waals surface area (Å²) in [4.78, 5) is 0. The Morgan fingerprint density at radius 2 is 1.81 bits per heavy atom. The van der Waals surface area contributed by atoms with Crippen LogP contribution in [0.5, 0.6) is 0 Å². The van der Waals surface area contributed by atoms with E-state index in [1.807, 2.05) is 0 Å². The van der Waals surface area contributed by atoms with Gasteiger partial charge in [0.1, 0.15) is 0 Å². The first-order chi connectivity index (χ1) is 7.79. The molecule has 1 saturated heterocycles. The molecule has 3 rings (SSSR count). The van der Waals surface area contributed by atoms with E-state index in [2.05, 4.69) is 12.3 Å². The van der Waals surface area contributed by atoms with Crippen molar-refractivity contribution in [2.75, 3.05) is 13.2 Å². The minimum absolute atomic E-state index is 0.259. The zero-order chi connectivity index (χ0) is 11.1. The van der Waals surface area contributed by atoms with Crippen LogP contribution >= 0.6 is 0 Å². The van der Waals surface area contributed by atoms with E-state index >= 15 is 0 Å². The van der Waals surface area contributed by atoms with E-state index in [4.69, 9.17) is 9.47 Å². The second-order valence-electron chi connectivity index (χ2n) is 5.43. The second kappa shape index (κ2) is 3.73. The standard InChI is InChI=1S/C14H20O2/c1-2-12-5-3-6-13(12)7-4-8-14(11-13)15-9-10-16-14/h1,3-11H2. The molecule has 0 aromatic carbocycles. The van der Waals surface area contributed by atoms with Crippen LogP contribution in [-0.2, 0) is 9.47 Å². The van der Waals surface area contributed by atoms with E-state index in [1.54, 1.807) is 0 Å². The lowest BCUT2D eigenvalue weighted by atomic mass is 9.68. The summed E-state index contributed by atoms with van der Waals surface area (Å²) in [6.45, 7) is 5.40. The molecule has 2 heteroatoms. The van der Waals surface area contributed by atoms with Crippen molar-refractivity contribution >= 4 is 0 Å². The summed E-state index contributed by atoms with van der Waals surface area (Å²) < 4.78 is 11.8. The highest BCUT2D eigenvalue weighted by molar-refractivity contribution is 5.20. The van der Waals surface area contributed by atoms with Crippen LogP contribution in [0.4, 0.5) is 0 Å². The maximum absolute atomic E-state index is 5.88. The van der Waals surface area contributed by atoms with Gasteiger partial charge in [-0.25, -0.2) is 0 Å². The topological polar surface area (TPSA) is 18.5 Å². The summed E-state index contributed by atoms with van der Waals surface area (Å²) in [5, 5.41) is 0. The molecule has 1 atom stereocenters. The average molecular weight is 220 g/mol. The van der Waals surface area contributed by atoms with Crippen molar-refractivity contribution in [3.8, 4) is 0 Å². The van der Waals surface area contributed by atoms with Crippen molar-refractivity contribution in [3.05, 3.63) is 17.9 Å². The SMILES string of the molecule is C=C=C1CCCC12CCCC1(C2)OCCO1. The molecule has 2 nitrogen and oxygen atoms in total. The minimum atomic E-state index is -0.259.